The van der Waals surface area contributed by atoms with E-state index >= 15 is 0 Å². The van der Waals surface area contributed by atoms with E-state index in [2.05, 4.69) is 27.7 Å². The van der Waals surface area contributed by atoms with Crippen molar-refractivity contribution in [3.63, 3.8) is 0 Å². The third-order valence-electron chi connectivity index (χ3n) is 2.26. The van der Waals surface area contributed by atoms with E-state index in [-0.39, 0.29) is 7.43 Å². The number of hydrogen-bond acceptors (Lipinski definition) is 0. The molecule has 0 aliphatic rings. The smallest absolute Gasteiger partial charge is 0.0420 e. The van der Waals surface area contributed by atoms with E-state index in [1.54, 1.807) is 0 Å². The zero-order chi connectivity index (χ0) is 6.57. The van der Waals surface area contributed by atoms with Crippen LogP contribution in [0.1, 0.15) is 48.0 Å². The molecule has 0 saturated heterocycles. The topological polar surface area (TPSA) is 0 Å². The molecule has 58 valence electrons. The molecule has 0 aromatic heterocycles. The van der Waals surface area contributed by atoms with Gasteiger partial charge in [0.2, 0.25) is 0 Å². The van der Waals surface area contributed by atoms with E-state index in [4.69, 9.17) is 0 Å². The van der Waals surface area contributed by atoms with Crippen LogP contribution in [0.2, 0.25) is 0 Å². The first-order valence-electron chi connectivity index (χ1n) is 3.72. The molecule has 0 amide bonds. The fourth-order valence-corrected chi connectivity index (χ4v) is 0.805. The normalized spacial score (nSPS) is 16.0. The van der Waals surface area contributed by atoms with Crippen LogP contribution in [0.25, 0.3) is 0 Å². The Morgan fingerprint density at radius 3 is 1.22 bits per heavy atom. The minimum absolute atomic E-state index is 0. The lowest BCUT2D eigenvalue weighted by Crippen LogP contribution is -2.04. The average molecular weight is 130 g/mol. The summed E-state index contributed by atoms with van der Waals surface area (Å²) in [5.74, 6) is 1.83. The Morgan fingerprint density at radius 1 is 0.889 bits per heavy atom. The second-order valence-corrected chi connectivity index (χ2v) is 2.77. The van der Waals surface area contributed by atoms with Gasteiger partial charge in [-0.15, -0.1) is 0 Å². The molecular formula is C9H22. The Kier molecular flexibility index (Phi) is 8.00. The standard InChI is InChI=1S/C8H18.CH4/c1-5-7(3)8(4)6-2;/h7-8H,5-6H2,1-4H3;1H4. The van der Waals surface area contributed by atoms with Gasteiger partial charge in [-0.05, 0) is 11.8 Å². The van der Waals surface area contributed by atoms with Gasteiger partial charge >= 0.3 is 0 Å². The summed E-state index contributed by atoms with van der Waals surface area (Å²) in [4.78, 5) is 0. The summed E-state index contributed by atoms with van der Waals surface area (Å²) in [5.41, 5.74) is 0. The second kappa shape index (κ2) is 6.12. The fraction of sp³-hybridized carbons (Fsp3) is 1.00. The van der Waals surface area contributed by atoms with Crippen molar-refractivity contribution in [2.75, 3.05) is 0 Å². The van der Waals surface area contributed by atoms with E-state index in [9.17, 15) is 0 Å². The predicted octanol–water partition coefficient (Wildman–Crippen LogP) is 3.71. The van der Waals surface area contributed by atoms with Gasteiger partial charge in [0.1, 0.15) is 0 Å². The van der Waals surface area contributed by atoms with Gasteiger partial charge in [-0.1, -0.05) is 48.0 Å². The highest BCUT2D eigenvalue weighted by molar-refractivity contribution is 4.56. The Hall–Kier alpha value is 0. The molecule has 0 N–H and O–H groups in total. The fourth-order valence-electron chi connectivity index (χ4n) is 0.805. The van der Waals surface area contributed by atoms with Crippen molar-refractivity contribution in [2.45, 2.75) is 48.0 Å². The van der Waals surface area contributed by atoms with Crippen LogP contribution in [-0.4, -0.2) is 0 Å². The summed E-state index contributed by atoms with van der Waals surface area (Å²) >= 11 is 0. The zero-order valence-electron chi connectivity index (χ0n) is 6.57. The van der Waals surface area contributed by atoms with Crippen LogP contribution < -0.4 is 0 Å². The molecule has 0 aliphatic carbocycles. The van der Waals surface area contributed by atoms with Crippen molar-refractivity contribution >= 4 is 0 Å². The lowest BCUT2D eigenvalue weighted by atomic mass is 9.92. The lowest BCUT2D eigenvalue weighted by Gasteiger charge is -2.14. The van der Waals surface area contributed by atoms with E-state index in [0.29, 0.717) is 0 Å². The molecule has 0 bridgehead atoms. The largest absolute Gasteiger partial charge is 0.0776 e. The number of rotatable bonds is 3. The van der Waals surface area contributed by atoms with Gasteiger partial charge in [0, 0.05) is 0 Å². The van der Waals surface area contributed by atoms with Crippen LogP contribution in [0.5, 0.6) is 0 Å². The molecule has 2 unspecified atom stereocenters. The maximum atomic E-state index is 2.33. The maximum absolute atomic E-state index is 2.33. The second-order valence-electron chi connectivity index (χ2n) is 2.77. The molecule has 9 heavy (non-hydrogen) atoms. The molecule has 2 atom stereocenters. The van der Waals surface area contributed by atoms with E-state index in [0.717, 1.165) is 11.8 Å². The maximum Gasteiger partial charge on any atom is -0.0420 e. The molecule has 0 spiro atoms. The summed E-state index contributed by atoms with van der Waals surface area (Å²) in [6.07, 6.45) is 2.66. The van der Waals surface area contributed by atoms with Gasteiger partial charge in [0.05, 0.1) is 0 Å². The first-order chi connectivity index (χ1) is 3.72. The molecule has 0 aliphatic heterocycles. The third kappa shape index (κ3) is 4.50. The SMILES string of the molecule is C.CCC(C)C(C)CC. The molecule has 0 heteroatoms. The van der Waals surface area contributed by atoms with Crippen LogP contribution in [-0.2, 0) is 0 Å². The summed E-state index contributed by atoms with van der Waals surface area (Å²) in [6.45, 7) is 9.18. The lowest BCUT2D eigenvalue weighted by molar-refractivity contribution is 0.367. The van der Waals surface area contributed by atoms with E-state index in [1.807, 2.05) is 0 Å². The van der Waals surface area contributed by atoms with Gasteiger partial charge in [0.15, 0.2) is 0 Å². The van der Waals surface area contributed by atoms with Crippen molar-refractivity contribution in [3.8, 4) is 0 Å². The van der Waals surface area contributed by atoms with Crippen molar-refractivity contribution in [2.24, 2.45) is 11.8 Å². The highest BCUT2D eigenvalue weighted by Gasteiger charge is 2.05. The van der Waals surface area contributed by atoms with Gasteiger partial charge in [-0.2, -0.15) is 0 Å². The molecule has 0 rings (SSSR count). The minimum Gasteiger partial charge on any atom is -0.0776 e. The Morgan fingerprint density at radius 2 is 1.11 bits per heavy atom. The molecule has 0 saturated carbocycles. The monoisotopic (exact) mass is 130 g/mol. The Bertz CT molecular complexity index is 40.0. The van der Waals surface area contributed by atoms with E-state index < -0.39 is 0 Å². The molecule has 0 radical (unpaired) electrons. The van der Waals surface area contributed by atoms with E-state index in [1.165, 1.54) is 12.8 Å². The van der Waals surface area contributed by atoms with Crippen LogP contribution in [0.4, 0.5) is 0 Å². The van der Waals surface area contributed by atoms with Gasteiger partial charge in [-0.25, -0.2) is 0 Å². The summed E-state index contributed by atoms with van der Waals surface area (Å²) in [7, 11) is 0. The molecule has 0 aromatic rings. The van der Waals surface area contributed by atoms with Crippen molar-refractivity contribution in [1.29, 1.82) is 0 Å². The number of hydrogen-bond donors (Lipinski definition) is 0. The first-order valence-corrected chi connectivity index (χ1v) is 3.72. The molecule has 0 aromatic carbocycles. The molecule has 0 fully saturated rings. The highest BCUT2D eigenvalue weighted by Crippen LogP contribution is 2.16. The van der Waals surface area contributed by atoms with Crippen LogP contribution >= 0.6 is 0 Å². The predicted molar refractivity (Wildman–Crippen MR) is 45.6 cm³/mol. The van der Waals surface area contributed by atoms with Crippen molar-refractivity contribution in [3.05, 3.63) is 0 Å². The van der Waals surface area contributed by atoms with Crippen LogP contribution in [0.3, 0.4) is 0 Å². The van der Waals surface area contributed by atoms with Crippen LogP contribution in [0, 0.1) is 11.8 Å². The third-order valence-corrected chi connectivity index (χ3v) is 2.26. The Labute approximate surface area is 60.7 Å². The summed E-state index contributed by atoms with van der Waals surface area (Å²) in [6, 6.07) is 0. The summed E-state index contributed by atoms with van der Waals surface area (Å²) < 4.78 is 0. The zero-order valence-corrected chi connectivity index (χ0v) is 6.57. The van der Waals surface area contributed by atoms with Crippen molar-refractivity contribution < 1.29 is 0 Å². The van der Waals surface area contributed by atoms with Gasteiger partial charge in [0.25, 0.3) is 0 Å². The van der Waals surface area contributed by atoms with Gasteiger partial charge in [-0.3, -0.25) is 0 Å². The first kappa shape index (κ1) is 11.8. The van der Waals surface area contributed by atoms with Gasteiger partial charge < -0.3 is 0 Å². The molecular weight excluding hydrogens is 108 g/mol. The van der Waals surface area contributed by atoms with Crippen molar-refractivity contribution in [1.82, 2.24) is 0 Å². The Balaban J connectivity index is 0. The molecule has 0 nitrogen and oxygen atoms in total. The molecule has 0 heterocycles. The quantitative estimate of drug-likeness (QED) is 0.546. The minimum atomic E-state index is 0. The average Bonchev–Trinajstić information content (AvgIpc) is 1.84. The highest BCUT2D eigenvalue weighted by atomic mass is 14.1. The van der Waals surface area contributed by atoms with Crippen LogP contribution in [0.15, 0.2) is 0 Å². The summed E-state index contributed by atoms with van der Waals surface area (Å²) in [5, 5.41) is 0.